The van der Waals surface area contributed by atoms with Gasteiger partial charge in [-0.15, -0.1) is 0 Å². The van der Waals surface area contributed by atoms with Gasteiger partial charge in [0.1, 0.15) is 5.65 Å². The number of carbonyl (C=O) groups excluding carboxylic acids is 1. The van der Waals surface area contributed by atoms with Gasteiger partial charge in [-0.2, -0.15) is 5.10 Å². The number of aromatic amines is 1. The number of H-pyrrole nitrogens is 1. The molecule has 0 aliphatic carbocycles. The molecule has 32 heavy (non-hydrogen) atoms. The van der Waals surface area contributed by atoms with Crippen molar-refractivity contribution in [2.24, 2.45) is 0 Å². The van der Waals surface area contributed by atoms with Crippen LogP contribution in [0.3, 0.4) is 0 Å². The van der Waals surface area contributed by atoms with Crippen LogP contribution in [-0.2, 0) is 0 Å². The number of nitrogens with one attached hydrogen (secondary N) is 2. The number of halogens is 2. The van der Waals surface area contributed by atoms with E-state index < -0.39 is 18.9 Å². The number of fused-ring (bicyclic) bond motifs is 2. The second kappa shape index (κ2) is 8.16. The fourth-order valence-electron chi connectivity index (χ4n) is 4.04. The summed E-state index contributed by atoms with van der Waals surface area (Å²) >= 11 is 0. The number of likely N-dealkylation sites (N-methyl/N-ethyl adjacent to an activating group) is 1. The standard InChI is InChI=1S/C23H22F2N6O/c1-30-5-2-14(3-6-30)16-8-17-18(11-27-22(17)26-10-16)15-4-7-31-20(9-15)19(12-29-31)23(32)28-13-21(24)25/h2,4,7-12,21H,3,5-6,13H2,1H3,(H,26,27)(H,28,32). The second-order valence-corrected chi connectivity index (χ2v) is 7.97. The average Bonchev–Trinajstić information content (AvgIpc) is 3.41. The number of amides is 1. The van der Waals surface area contributed by atoms with Crippen LogP contribution in [0.5, 0.6) is 0 Å². The molecule has 1 amide bonds. The number of aromatic nitrogens is 4. The third-order valence-corrected chi connectivity index (χ3v) is 5.81. The molecule has 0 unspecified atom stereocenters. The molecule has 4 aromatic rings. The summed E-state index contributed by atoms with van der Waals surface area (Å²) in [6.45, 7) is 1.23. The number of pyridine rings is 2. The van der Waals surface area contributed by atoms with Crippen molar-refractivity contribution in [1.29, 1.82) is 0 Å². The first-order valence-corrected chi connectivity index (χ1v) is 10.4. The zero-order chi connectivity index (χ0) is 22.2. The van der Waals surface area contributed by atoms with Crippen LogP contribution in [0.2, 0.25) is 0 Å². The first kappa shape index (κ1) is 20.3. The van der Waals surface area contributed by atoms with Crippen LogP contribution in [-0.4, -0.2) is 63.5 Å². The van der Waals surface area contributed by atoms with E-state index in [0.29, 0.717) is 5.52 Å². The first-order chi connectivity index (χ1) is 15.5. The van der Waals surface area contributed by atoms with Crippen LogP contribution in [0, 0.1) is 0 Å². The molecule has 0 spiro atoms. The van der Waals surface area contributed by atoms with Gasteiger partial charge in [0.2, 0.25) is 0 Å². The lowest BCUT2D eigenvalue weighted by Crippen LogP contribution is -2.28. The summed E-state index contributed by atoms with van der Waals surface area (Å²) in [5, 5.41) is 7.39. The molecule has 4 aromatic heterocycles. The van der Waals surface area contributed by atoms with Crippen molar-refractivity contribution < 1.29 is 13.6 Å². The molecule has 9 heteroatoms. The Labute approximate surface area is 182 Å². The summed E-state index contributed by atoms with van der Waals surface area (Å²) < 4.78 is 26.5. The fraction of sp³-hybridized carbons (Fsp3) is 0.261. The summed E-state index contributed by atoms with van der Waals surface area (Å²) in [5.74, 6) is -0.575. The van der Waals surface area contributed by atoms with E-state index in [0.717, 1.165) is 47.2 Å². The molecule has 1 aliphatic heterocycles. The van der Waals surface area contributed by atoms with E-state index in [1.54, 1.807) is 10.7 Å². The minimum absolute atomic E-state index is 0.252. The van der Waals surface area contributed by atoms with Gasteiger partial charge in [-0.1, -0.05) is 6.08 Å². The molecule has 5 heterocycles. The molecule has 0 saturated carbocycles. The number of nitrogens with zero attached hydrogens (tertiary/aromatic N) is 4. The van der Waals surface area contributed by atoms with Gasteiger partial charge in [0.25, 0.3) is 12.3 Å². The SMILES string of the molecule is CN1CC=C(c2cnc3[nH]cc(-c4ccn5ncc(C(=O)NCC(F)F)c5c4)c3c2)CC1. The Balaban J connectivity index is 1.53. The molecule has 0 fully saturated rings. The van der Waals surface area contributed by atoms with Crippen LogP contribution < -0.4 is 5.32 Å². The summed E-state index contributed by atoms with van der Waals surface area (Å²) in [6, 6.07) is 5.89. The lowest BCUT2D eigenvalue weighted by atomic mass is 9.98. The van der Waals surface area contributed by atoms with Gasteiger partial charge in [0.15, 0.2) is 0 Å². The maximum Gasteiger partial charge on any atom is 0.255 e. The van der Waals surface area contributed by atoms with E-state index in [1.807, 2.05) is 24.5 Å². The topological polar surface area (TPSA) is 78.3 Å². The summed E-state index contributed by atoms with van der Waals surface area (Å²) in [5.41, 5.74) is 5.79. The highest BCUT2D eigenvalue weighted by molar-refractivity contribution is 6.02. The normalized spacial score (nSPS) is 14.9. The lowest BCUT2D eigenvalue weighted by molar-refractivity contribution is 0.0893. The zero-order valence-electron chi connectivity index (χ0n) is 17.5. The minimum Gasteiger partial charge on any atom is -0.346 e. The van der Waals surface area contributed by atoms with Crippen LogP contribution >= 0.6 is 0 Å². The molecule has 0 bridgehead atoms. The number of hydrogen-bond donors (Lipinski definition) is 2. The van der Waals surface area contributed by atoms with Gasteiger partial charge in [-0.05, 0) is 48.4 Å². The van der Waals surface area contributed by atoms with Crippen LogP contribution in [0.15, 0.2) is 49.1 Å². The summed E-state index contributed by atoms with van der Waals surface area (Å²) in [7, 11) is 2.10. The monoisotopic (exact) mass is 436 g/mol. The smallest absolute Gasteiger partial charge is 0.255 e. The van der Waals surface area contributed by atoms with Gasteiger partial charge < -0.3 is 15.2 Å². The van der Waals surface area contributed by atoms with E-state index in [-0.39, 0.29) is 5.56 Å². The number of carbonyl (C=O) groups is 1. The predicted octanol–water partition coefficient (Wildman–Crippen LogP) is 3.59. The number of rotatable bonds is 5. The summed E-state index contributed by atoms with van der Waals surface area (Å²) in [4.78, 5) is 22.4. The highest BCUT2D eigenvalue weighted by atomic mass is 19.3. The molecule has 1 aliphatic rings. The molecule has 164 valence electrons. The van der Waals surface area contributed by atoms with Crippen molar-refractivity contribution in [3.63, 3.8) is 0 Å². The molecular formula is C23H22F2N6O. The molecule has 7 nitrogen and oxygen atoms in total. The third kappa shape index (κ3) is 3.75. The fourth-order valence-corrected chi connectivity index (χ4v) is 4.04. The Bertz CT molecular complexity index is 1340. The van der Waals surface area contributed by atoms with Crippen LogP contribution in [0.4, 0.5) is 8.78 Å². The number of hydrogen-bond acceptors (Lipinski definition) is 4. The Kier molecular flexibility index (Phi) is 5.18. The summed E-state index contributed by atoms with van der Waals surface area (Å²) in [6.07, 6.45) is 7.54. The third-order valence-electron chi connectivity index (χ3n) is 5.81. The first-order valence-electron chi connectivity index (χ1n) is 10.4. The van der Waals surface area contributed by atoms with E-state index >= 15 is 0 Å². The molecule has 0 atom stereocenters. The Morgan fingerprint density at radius 3 is 2.94 bits per heavy atom. The quantitative estimate of drug-likeness (QED) is 0.501. The van der Waals surface area contributed by atoms with Crippen LogP contribution in [0.1, 0.15) is 22.3 Å². The zero-order valence-corrected chi connectivity index (χ0v) is 17.5. The van der Waals surface area contributed by atoms with Crippen molar-refractivity contribution >= 4 is 28.0 Å². The van der Waals surface area contributed by atoms with E-state index in [9.17, 15) is 13.6 Å². The van der Waals surface area contributed by atoms with Gasteiger partial charge in [0, 0.05) is 42.6 Å². The molecule has 5 rings (SSSR count). The number of alkyl halides is 2. The van der Waals surface area contributed by atoms with E-state index in [2.05, 4.69) is 44.5 Å². The van der Waals surface area contributed by atoms with Crippen molar-refractivity contribution in [3.05, 3.63) is 60.2 Å². The highest BCUT2D eigenvalue weighted by Gasteiger charge is 2.17. The van der Waals surface area contributed by atoms with Crippen molar-refractivity contribution in [3.8, 4) is 11.1 Å². The van der Waals surface area contributed by atoms with Crippen molar-refractivity contribution in [1.82, 2.24) is 29.8 Å². The Morgan fingerprint density at radius 1 is 1.28 bits per heavy atom. The highest BCUT2D eigenvalue weighted by Crippen LogP contribution is 2.32. The maximum absolute atomic E-state index is 12.5. The second-order valence-electron chi connectivity index (χ2n) is 7.97. The molecule has 0 radical (unpaired) electrons. The Morgan fingerprint density at radius 2 is 2.16 bits per heavy atom. The minimum atomic E-state index is -2.61. The van der Waals surface area contributed by atoms with Gasteiger partial charge in [0.05, 0.1) is 23.8 Å². The van der Waals surface area contributed by atoms with Crippen molar-refractivity contribution in [2.75, 3.05) is 26.7 Å². The van der Waals surface area contributed by atoms with Crippen molar-refractivity contribution in [2.45, 2.75) is 12.8 Å². The predicted molar refractivity (Wildman–Crippen MR) is 119 cm³/mol. The molecule has 0 saturated heterocycles. The molecule has 0 aromatic carbocycles. The molecular weight excluding hydrogens is 414 g/mol. The van der Waals surface area contributed by atoms with E-state index in [4.69, 9.17) is 0 Å². The van der Waals surface area contributed by atoms with Gasteiger partial charge >= 0.3 is 0 Å². The largest absolute Gasteiger partial charge is 0.346 e. The maximum atomic E-state index is 12.5. The van der Waals surface area contributed by atoms with E-state index in [1.165, 1.54) is 11.8 Å². The van der Waals surface area contributed by atoms with Crippen LogP contribution in [0.25, 0.3) is 33.3 Å². The average molecular weight is 436 g/mol. The van der Waals surface area contributed by atoms with Gasteiger partial charge in [-0.25, -0.2) is 18.3 Å². The molecule has 2 N–H and O–H groups in total. The van der Waals surface area contributed by atoms with Gasteiger partial charge in [-0.3, -0.25) is 4.79 Å². The Hall–Kier alpha value is -3.59. The lowest BCUT2D eigenvalue weighted by Gasteiger charge is -2.22.